The second kappa shape index (κ2) is 10.4. The normalized spacial score (nSPS) is 17.8. The van der Waals surface area contributed by atoms with Crippen molar-refractivity contribution in [1.82, 2.24) is 14.2 Å². The fourth-order valence-electron chi connectivity index (χ4n) is 6.69. The third kappa shape index (κ3) is 5.13. The van der Waals surface area contributed by atoms with Gasteiger partial charge in [-0.3, -0.25) is 14.4 Å². The highest BCUT2D eigenvalue weighted by atomic mass is 19.3. The number of amides is 1. The van der Waals surface area contributed by atoms with Gasteiger partial charge in [0.15, 0.2) is 0 Å². The van der Waals surface area contributed by atoms with E-state index in [0.717, 1.165) is 41.7 Å². The van der Waals surface area contributed by atoms with Crippen LogP contribution in [0.1, 0.15) is 66.0 Å². The summed E-state index contributed by atoms with van der Waals surface area (Å²) in [5, 5.41) is 7.36. The first-order valence-electron chi connectivity index (χ1n) is 14.4. The number of carbonyl (C=O) groups excluding carboxylic acids is 1. The van der Waals surface area contributed by atoms with Gasteiger partial charge in [0.1, 0.15) is 6.17 Å². The van der Waals surface area contributed by atoms with Gasteiger partial charge in [0.2, 0.25) is 0 Å². The van der Waals surface area contributed by atoms with Crippen molar-refractivity contribution < 1.29 is 18.0 Å². The number of halogens is 3. The third-order valence-corrected chi connectivity index (χ3v) is 9.22. The van der Waals surface area contributed by atoms with Gasteiger partial charge in [0.25, 0.3) is 5.91 Å². The van der Waals surface area contributed by atoms with Crippen molar-refractivity contribution in [2.75, 3.05) is 23.3 Å². The maximum atomic E-state index is 14.0. The van der Waals surface area contributed by atoms with Crippen molar-refractivity contribution >= 4 is 34.7 Å². The number of anilines is 2. The van der Waals surface area contributed by atoms with Crippen molar-refractivity contribution in [1.29, 1.82) is 0 Å². The molecular weight excluding hydrogens is 553 g/mol. The Morgan fingerprint density at radius 3 is 2.53 bits per heavy atom. The fourth-order valence-corrected chi connectivity index (χ4v) is 6.69. The molecule has 0 bridgehead atoms. The largest absolute Gasteiger partial charge is 0.370 e. The lowest BCUT2D eigenvalue weighted by atomic mass is 9.49. The number of rotatable bonds is 8. The van der Waals surface area contributed by atoms with E-state index in [4.69, 9.17) is 0 Å². The zero-order chi connectivity index (χ0) is 30.7. The number of hydrogen-bond donors (Lipinski definition) is 1. The molecule has 2 fully saturated rings. The molecule has 1 amide bonds. The number of fused-ring (bicyclic) bond motifs is 1. The third-order valence-electron chi connectivity index (χ3n) is 9.22. The van der Waals surface area contributed by atoms with Crippen LogP contribution in [0, 0.1) is 24.7 Å². The summed E-state index contributed by atoms with van der Waals surface area (Å²) in [6, 6.07) is 11.0. The number of aryl methyl sites for hydroxylation is 2. The molecule has 6 rings (SSSR count). The molecule has 1 saturated heterocycles. The summed E-state index contributed by atoms with van der Waals surface area (Å²) in [4.78, 5) is 20.1. The summed E-state index contributed by atoms with van der Waals surface area (Å²) in [6.45, 7) is 10.4. The molecule has 1 unspecified atom stereocenters. The van der Waals surface area contributed by atoms with Crippen LogP contribution in [0.4, 0.5) is 24.5 Å². The van der Waals surface area contributed by atoms with Gasteiger partial charge in [-0.25, -0.2) is 8.91 Å². The molecule has 224 valence electrons. The molecule has 1 atom stereocenters. The highest BCUT2D eigenvalue weighted by Gasteiger charge is 2.59. The minimum absolute atomic E-state index is 0.185. The molecule has 1 N–H and O–H groups in total. The van der Waals surface area contributed by atoms with Crippen LogP contribution in [0.2, 0.25) is 0 Å². The van der Waals surface area contributed by atoms with Crippen LogP contribution >= 0.6 is 0 Å². The molecule has 1 aliphatic carbocycles. The Morgan fingerprint density at radius 1 is 1.09 bits per heavy atom. The second-order valence-corrected chi connectivity index (χ2v) is 12.5. The van der Waals surface area contributed by atoms with E-state index < -0.39 is 12.7 Å². The van der Waals surface area contributed by atoms with Gasteiger partial charge in [-0.15, -0.1) is 0 Å². The predicted molar refractivity (Wildman–Crippen MR) is 164 cm³/mol. The molecule has 1 aliphatic heterocycles. The zero-order valence-corrected chi connectivity index (χ0v) is 24.7. The van der Waals surface area contributed by atoms with E-state index in [0.29, 0.717) is 39.3 Å². The Morgan fingerprint density at radius 2 is 1.84 bits per heavy atom. The van der Waals surface area contributed by atoms with Crippen molar-refractivity contribution in [3.63, 3.8) is 0 Å². The van der Waals surface area contributed by atoms with Gasteiger partial charge in [-0.05, 0) is 74.4 Å². The van der Waals surface area contributed by atoms with Crippen molar-refractivity contribution in [2.45, 2.75) is 53.3 Å². The van der Waals surface area contributed by atoms with Crippen LogP contribution in [0.5, 0.6) is 0 Å². The SMILES string of the molecule is C=C(N=Cc1c(C)ccn1C(F)F)c1ccc(C)c(NC(=O)c2cnn3ccc(N4CC5(C4)CC(C)(C(C)F)C5)cc23)c1. The number of carbonyl (C=O) groups is 1. The molecule has 7 nitrogen and oxygen atoms in total. The summed E-state index contributed by atoms with van der Waals surface area (Å²) in [5.41, 5.74) is 5.52. The number of benzene rings is 1. The zero-order valence-electron chi connectivity index (χ0n) is 24.7. The topological polar surface area (TPSA) is 66.9 Å². The fraction of sp³-hybridized carbons (Fsp3) is 0.364. The number of alkyl halides is 3. The number of aliphatic imine (C=N–C) groups is 1. The van der Waals surface area contributed by atoms with Gasteiger partial charge >= 0.3 is 6.55 Å². The number of pyridine rings is 1. The highest BCUT2D eigenvalue weighted by Crippen LogP contribution is 2.61. The van der Waals surface area contributed by atoms with E-state index in [1.54, 1.807) is 36.7 Å². The number of nitrogens with one attached hydrogen (secondary N) is 1. The molecule has 3 aromatic heterocycles. The molecule has 43 heavy (non-hydrogen) atoms. The van der Waals surface area contributed by atoms with Crippen LogP contribution in [0.3, 0.4) is 0 Å². The van der Waals surface area contributed by atoms with Crippen LogP contribution in [0.15, 0.2) is 66.6 Å². The summed E-state index contributed by atoms with van der Waals surface area (Å²) in [6.07, 6.45) is 7.10. The Kier molecular flexibility index (Phi) is 6.98. The molecular formula is C33H35F3N6O. The minimum Gasteiger partial charge on any atom is -0.370 e. The molecule has 0 radical (unpaired) electrons. The van der Waals surface area contributed by atoms with E-state index in [9.17, 15) is 18.0 Å². The van der Waals surface area contributed by atoms with Gasteiger partial charge in [0, 0.05) is 47.8 Å². The van der Waals surface area contributed by atoms with Crippen molar-refractivity contribution in [3.8, 4) is 0 Å². The maximum absolute atomic E-state index is 14.0. The lowest BCUT2D eigenvalue weighted by Gasteiger charge is -2.64. The lowest BCUT2D eigenvalue weighted by molar-refractivity contribution is -0.0904. The summed E-state index contributed by atoms with van der Waals surface area (Å²) < 4.78 is 43.2. The van der Waals surface area contributed by atoms with Gasteiger partial charge in [-0.2, -0.15) is 13.9 Å². The predicted octanol–water partition coefficient (Wildman–Crippen LogP) is 7.45. The Balaban J connectivity index is 1.17. The van der Waals surface area contributed by atoms with Crippen molar-refractivity contribution in [3.05, 3.63) is 89.5 Å². The van der Waals surface area contributed by atoms with E-state index in [1.807, 2.05) is 44.3 Å². The Hall–Kier alpha value is -4.34. The maximum Gasteiger partial charge on any atom is 0.319 e. The summed E-state index contributed by atoms with van der Waals surface area (Å²) >= 11 is 0. The average molecular weight is 589 g/mol. The standard InChI is InChI=1S/C33H35F3N6O/c1-20-6-7-24(22(3)37-15-29-21(2)8-10-41(29)31(35)36)12-27(20)39-30(43)26-14-38-42-11-9-25(13-28(26)42)40-18-33(19-40)16-32(5,17-33)23(4)34/h6-15,23,31H,3,16-19H2,1-2,4-5H3,(H,39,43). The lowest BCUT2D eigenvalue weighted by Crippen LogP contribution is -2.66. The van der Waals surface area contributed by atoms with Crippen LogP contribution < -0.4 is 10.2 Å². The van der Waals surface area contributed by atoms with E-state index in [1.165, 1.54) is 12.4 Å². The van der Waals surface area contributed by atoms with Crippen LogP contribution in [0.25, 0.3) is 11.2 Å². The smallest absolute Gasteiger partial charge is 0.319 e. The number of hydrogen-bond acceptors (Lipinski definition) is 4. The van der Waals surface area contributed by atoms with Gasteiger partial charge < -0.3 is 10.2 Å². The molecule has 2 aliphatic rings. The number of nitrogens with zero attached hydrogens (tertiary/aromatic N) is 5. The Labute approximate surface area is 248 Å². The van der Waals surface area contributed by atoms with Crippen molar-refractivity contribution in [2.24, 2.45) is 15.8 Å². The molecule has 1 aromatic carbocycles. The first kappa shape index (κ1) is 28.8. The number of aromatic nitrogens is 3. The van der Waals surface area contributed by atoms with E-state index >= 15 is 0 Å². The first-order chi connectivity index (χ1) is 20.4. The molecule has 1 spiro atoms. The first-order valence-corrected chi connectivity index (χ1v) is 14.4. The average Bonchev–Trinajstić information content (AvgIpc) is 3.52. The van der Waals surface area contributed by atoms with Crippen LogP contribution in [-0.4, -0.2) is 45.6 Å². The monoisotopic (exact) mass is 588 g/mol. The Bertz CT molecular complexity index is 1750. The van der Waals surface area contributed by atoms with E-state index in [-0.39, 0.29) is 16.7 Å². The van der Waals surface area contributed by atoms with E-state index in [2.05, 4.69) is 26.9 Å². The molecule has 10 heteroatoms. The second-order valence-electron chi connectivity index (χ2n) is 12.5. The summed E-state index contributed by atoms with van der Waals surface area (Å²) in [5.74, 6) is -0.307. The minimum atomic E-state index is -2.67. The van der Waals surface area contributed by atoms with Gasteiger partial charge in [0.05, 0.1) is 34.9 Å². The molecule has 4 aromatic rings. The summed E-state index contributed by atoms with van der Waals surface area (Å²) in [7, 11) is 0. The quantitative estimate of drug-likeness (QED) is 0.217. The molecule has 4 heterocycles. The van der Waals surface area contributed by atoms with Gasteiger partial charge in [-0.1, -0.05) is 25.6 Å². The molecule has 1 saturated carbocycles. The highest BCUT2D eigenvalue weighted by molar-refractivity contribution is 6.09. The van der Waals surface area contributed by atoms with Crippen LogP contribution in [-0.2, 0) is 0 Å².